The number of pyridine rings is 1. The highest BCUT2D eigenvalue weighted by Crippen LogP contribution is 2.26. The van der Waals surface area contributed by atoms with Gasteiger partial charge in [0.15, 0.2) is 11.5 Å². The number of hydrogen-bond acceptors (Lipinski definition) is 5. The minimum atomic E-state index is -0.0471. The van der Waals surface area contributed by atoms with Crippen LogP contribution < -0.4 is 5.73 Å². The zero-order chi connectivity index (χ0) is 17.3. The highest BCUT2D eigenvalue weighted by atomic mass is 32.1. The van der Waals surface area contributed by atoms with Gasteiger partial charge in [-0.15, -0.1) is 16.4 Å². The van der Waals surface area contributed by atoms with Gasteiger partial charge in [-0.3, -0.25) is 4.79 Å². The molecule has 0 aromatic carbocycles. The Hall–Kier alpha value is -2.41. The number of carbonyl (C=O) groups excluding carboxylic acids is 1. The fraction of sp³-hybridized carbons (Fsp3) is 0.353. The standard InChI is InChI=1S/C17H21N5OS/c1-4-5-8-21(3)17(23)12-9-14(18)22-15(10-12)19-16(20-22)13-7-6-11(2)24-13/h6-7,9-10H,4-5,8,18H2,1-3H3. The molecule has 3 heterocycles. The molecule has 0 aliphatic carbocycles. The summed E-state index contributed by atoms with van der Waals surface area (Å²) in [5.74, 6) is 0.990. The molecule has 6 nitrogen and oxygen atoms in total. The van der Waals surface area contributed by atoms with Crippen molar-refractivity contribution in [2.75, 3.05) is 19.3 Å². The molecule has 1 amide bonds. The molecule has 0 bridgehead atoms. The molecule has 0 saturated carbocycles. The van der Waals surface area contributed by atoms with Crippen LogP contribution in [0.4, 0.5) is 5.82 Å². The van der Waals surface area contributed by atoms with E-state index < -0.39 is 0 Å². The van der Waals surface area contributed by atoms with E-state index in [1.54, 1.807) is 32.9 Å². The van der Waals surface area contributed by atoms with Crippen molar-refractivity contribution in [3.05, 3.63) is 34.7 Å². The molecule has 24 heavy (non-hydrogen) atoms. The first-order valence-electron chi connectivity index (χ1n) is 7.98. The molecule has 0 saturated heterocycles. The molecule has 3 rings (SSSR count). The maximum atomic E-state index is 12.5. The lowest BCUT2D eigenvalue weighted by Gasteiger charge is -2.17. The Balaban J connectivity index is 1.96. The van der Waals surface area contributed by atoms with E-state index in [0.717, 1.165) is 24.3 Å². The number of aromatic nitrogens is 3. The van der Waals surface area contributed by atoms with Crippen LogP contribution in [-0.2, 0) is 0 Å². The molecule has 0 aliphatic rings. The van der Waals surface area contributed by atoms with Crippen molar-refractivity contribution in [1.82, 2.24) is 19.5 Å². The Morgan fingerprint density at radius 3 is 2.83 bits per heavy atom. The lowest BCUT2D eigenvalue weighted by atomic mass is 10.2. The largest absolute Gasteiger partial charge is 0.384 e. The number of nitrogens with zero attached hydrogens (tertiary/aromatic N) is 4. The Kier molecular flexibility index (Phi) is 4.53. The quantitative estimate of drug-likeness (QED) is 0.772. The van der Waals surface area contributed by atoms with E-state index >= 15 is 0 Å². The summed E-state index contributed by atoms with van der Waals surface area (Å²) in [6, 6.07) is 7.44. The molecule has 3 aromatic heterocycles. The molecule has 0 atom stereocenters. The van der Waals surface area contributed by atoms with Crippen molar-refractivity contribution in [1.29, 1.82) is 0 Å². The van der Waals surface area contributed by atoms with Crippen molar-refractivity contribution in [2.24, 2.45) is 0 Å². The Morgan fingerprint density at radius 2 is 2.17 bits per heavy atom. The second-order valence-electron chi connectivity index (χ2n) is 5.86. The summed E-state index contributed by atoms with van der Waals surface area (Å²) in [5.41, 5.74) is 7.21. The molecule has 0 fully saturated rings. The number of nitrogens with two attached hydrogens (primary N) is 1. The average Bonchev–Trinajstić information content (AvgIpc) is 3.18. The third-order valence-corrected chi connectivity index (χ3v) is 4.86. The van der Waals surface area contributed by atoms with E-state index in [1.807, 2.05) is 26.1 Å². The van der Waals surface area contributed by atoms with E-state index in [1.165, 1.54) is 4.88 Å². The molecule has 2 N–H and O–H groups in total. The Labute approximate surface area is 144 Å². The van der Waals surface area contributed by atoms with Gasteiger partial charge in [0.1, 0.15) is 5.82 Å². The number of unbranched alkanes of at least 4 members (excludes halogenated alkanes) is 1. The van der Waals surface area contributed by atoms with Crippen LogP contribution in [0.5, 0.6) is 0 Å². The third-order valence-electron chi connectivity index (χ3n) is 3.87. The van der Waals surface area contributed by atoms with E-state index in [9.17, 15) is 4.79 Å². The van der Waals surface area contributed by atoms with Gasteiger partial charge < -0.3 is 10.6 Å². The van der Waals surface area contributed by atoms with Crippen LogP contribution in [0.1, 0.15) is 35.0 Å². The Morgan fingerprint density at radius 1 is 1.38 bits per heavy atom. The summed E-state index contributed by atoms with van der Waals surface area (Å²) in [6.07, 6.45) is 2.03. The number of anilines is 1. The van der Waals surface area contributed by atoms with Crippen LogP contribution in [-0.4, -0.2) is 39.0 Å². The predicted molar refractivity (Wildman–Crippen MR) is 97.3 cm³/mol. The van der Waals surface area contributed by atoms with Gasteiger partial charge in [-0.25, -0.2) is 4.98 Å². The number of rotatable bonds is 5. The van der Waals surface area contributed by atoms with Crippen molar-refractivity contribution < 1.29 is 4.79 Å². The zero-order valence-electron chi connectivity index (χ0n) is 14.1. The van der Waals surface area contributed by atoms with Gasteiger partial charge in [0.2, 0.25) is 0 Å². The lowest BCUT2D eigenvalue weighted by Crippen LogP contribution is -2.27. The maximum absolute atomic E-state index is 12.5. The van der Waals surface area contributed by atoms with Crippen molar-refractivity contribution in [2.45, 2.75) is 26.7 Å². The summed E-state index contributed by atoms with van der Waals surface area (Å²) in [4.78, 5) is 21.0. The molecule has 0 unspecified atom stereocenters. The normalized spacial score (nSPS) is 11.1. The molecule has 126 valence electrons. The molecular weight excluding hydrogens is 322 g/mol. The minimum absolute atomic E-state index is 0.0471. The summed E-state index contributed by atoms with van der Waals surface area (Å²) in [6.45, 7) is 4.88. The van der Waals surface area contributed by atoms with E-state index in [2.05, 4.69) is 17.0 Å². The molecule has 0 radical (unpaired) electrons. The molecule has 7 heteroatoms. The van der Waals surface area contributed by atoms with Crippen LogP contribution in [0.3, 0.4) is 0 Å². The number of amides is 1. The van der Waals surface area contributed by atoms with Gasteiger partial charge in [-0.1, -0.05) is 13.3 Å². The fourth-order valence-corrected chi connectivity index (χ4v) is 3.31. The van der Waals surface area contributed by atoms with Gasteiger partial charge in [-0.2, -0.15) is 4.52 Å². The van der Waals surface area contributed by atoms with Gasteiger partial charge in [0.25, 0.3) is 5.91 Å². The molecular formula is C17H21N5OS. The number of carbonyl (C=O) groups is 1. The van der Waals surface area contributed by atoms with Crippen LogP contribution >= 0.6 is 11.3 Å². The number of hydrogen-bond donors (Lipinski definition) is 1. The second kappa shape index (κ2) is 6.60. The SMILES string of the molecule is CCCCN(C)C(=O)c1cc(N)n2nc(-c3ccc(C)s3)nc2c1. The van der Waals surface area contributed by atoms with Gasteiger partial charge in [0.05, 0.1) is 4.88 Å². The van der Waals surface area contributed by atoms with Gasteiger partial charge >= 0.3 is 0 Å². The summed E-state index contributed by atoms with van der Waals surface area (Å²) in [7, 11) is 1.81. The lowest BCUT2D eigenvalue weighted by molar-refractivity contribution is 0.0793. The minimum Gasteiger partial charge on any atom is -0.384 e. The van der Waals surface area contributed by atoms with Crippen LogP contribution in [0.15, 0.2) is 24.3 Å². The second-order valence-corrected chi connectivity index (χ2v) is 7.15. The number of aryl methyl sites for hydroxylation is 1. The fourth-order valence-electron chi connectivity index (χ4n) is 2.51. The van der Waals surface area contributed by atoms with Crippen LogP contribution in [0.2, 0.25) is 0 Å². The van der Waals surface area contributed by atoms with E-state index in [0.29, 0.717) is 22.9 Å². The summed E-state index contributed by atoms with van der Waals surface area (Å²) in [5, 5.41) is 4.46. The molecule has 3 aromatic rings. The number of thiophene rings is 1. The molecule has 0 aliphatic heterocycles. The first kappa shape index (κ1) is 16.4. The van der Waals surface area contributed by atoms with Gasteiger partial charge in [0, 0.05) is 24.0 Å². The van der Waals surface area contributed by atoms with E-state index in [-0.39, 0.29) is 5.91 Å². The Bertz CT molecular complexity index is 882. The van der Waals surface area contributed by atoms with Crippen molar-refractivity contribution in [3.63, 3.8) is 0 Å². The summed E-state index contributed by atoms with van der Waals surface area (Å²) < 4.78 is 1.58. The highest BCUT2D eigenvalue weighted by molar-refractivity contribution is 7.15. The number of fused-ring (bicyclic) bond motifs is 1. The van der Waals surface area contributed by atoms with Crippen molar-refractivity contribution >= 4 is 28.7 Å². The first-order valence-corrected chi connectivity index (χ1v) is 8.80. The first-order chi connectivity index (χ1) is 11.5. The van der Waals surface area contributed by atoms with Crippen LogP contribution in [0.25, 0.3) is 16.3 Å². The maximum Gasteiger partial charge on any atom is 0.253 e. The zero-order valence-corrected chi connectivity index (χ0v) is 14.9. The molecule has 0 spiro atoms. The average molecular weight is 343 g/mol. The van der Waals surface area contributed by atoms with Crippen molar-refractivity contribution in [3.8, 4) is 10.7 Å². The summed E-state index contributed by atoms with van der Waals surface area (Å²) >= 11 is 1.63. The topological polar surface area (TPSA) is 76.5 Å². The van der Waals surface area contributed by atoms with Gasteiger partial charge in [-0.05, 0) is 37.6 Å². The highest BCUT2D eigenvalue weighted by Gasteiger charge is 2.16. The monoisotopic (exact) mass is 343 g/mol. The van der Waals surface area contributed by atoms with E-state index in [4.69, 9.17) is 5.73 Å². The van der Waals surface area contributed by atoms with Crippen LogP contribution in [0, 0.1) is 6.92 Å². The smallest absolute Gasteiger partial charge is 0.253 e. The number of nitrogen functional groups attached to an aromatic ring is 1. The predicted octanol–water partition coefficient (Wildman–Crippen LogP) is 3.22. The third kappa shape index (κ3) is 3.12.